The Balaban J connectivity index is 1.20. The van der Waals surface area contributed by atoms with Crippen molar-refractivity contribution >= 4 is 29.3 Å². The summed E-state index contributed by atoms with van der Waals surface area (Å²) in [6.07, 6.45) is 4.75. The first-order valence-electron chi connectivity index (χ1n) is 13.8. The second-order valence-electron chi connectivity index (χ2n) is 10.3. The van der Waals surface area contributed by atoms with Gasteiger partial charge < -0.3 is 19.5 Å². The van der Waals surface area contributed by atoms with E-state index >= 15 is 0 Å². The summed E-state index contributed by atoms with van der Waals surface area (Å²) in [4.78, 5) is 29.6. The molecule has 0 unspecified atom stereocenters. The van der Waals surface area contributed by atoms with Gasteiger partial charge in [-0.25, -0.2) is 9.97 Å². The van der Waals surface area contributed by atoms with Crippen LogP contribution >= 0.6 is 11.6 Å². The predicted molar refractivity (Wildman–Crippen MR) is 152 cm³/mol. The predicted octanol–water partition coefficient (Wildman–Crippen LogP) is 4.43. The summed E-state index contributed by atoms with van der Waals surface area (Å²) in [5.41, 5.74) is 3.10. The maximum atomic E-state index is 13.1. The Kier molecular flexibility index (Phi) is 8.32. The average molecular weight is 553 g/mol. The minimum atomic E-state index is 0.107. The zero-order valence-corrected chi connectivity index (χ0v) is 23.9. The van der Waals surface area contributed by atoms with Gasteiger partial charge in [-0.2, -0.15) is 0 Å². The SMILES string of the molecule is CCNc1nnc(-c2cnc(N3CCN(C4CCN(C(=O)c5ccc(Cl)cc5C)CC4)[C@@H](CC)C3)c(C)n2)o1. The molecule has 208 valence electrons. The lowest BCUT2D eigenvalue weighted by atomic mass is 9.97. The summed E-state index contributed by atoms with van der Waals surface area (Å²) in [6.45, 7) is 13.2. The third kappa shape index (κ3) is 5.86. The van der Waals surface area contributed by atoms with Crippen molar-refractivity contribution in [2.45, 2.75) is 59.0 Å². The first-order chi connectivity index (χ1) is 18.9. The molecule has 1 amide bonds. The number of piperidine rings is 1. The van der Waals surface area contributed by atoms with E-state index < -0.39 is 0 Å². The number of aryl methyl sites for hydroxylation is 2. The standard InChI is InChI=1S/C28H37ClN8O2/c1-5-21-17-36(25-19(4)32-24(16-31-25)26-33-34-28(39-26)30-6-2)13-14-37(21)22-9-11-35(12-10-22)27(38)23-8-7-20(29)15-18(23)3/h7-8,15-16,21-22H,5-6,9-14,17H2,1-4H3,(H,30,34)/t21-/m0/s1. The molecule has 2 aromatic heterocycles. The van der Waals surface area contributed by atoms with E-state index in [2.05, 4.69) is 32.2 Å². The number of carbonyl (C=O) groups excluding carboxylic acids is 1. The highest BCUT2D eigenvalue weighted by Gasteiger charge is 2.35. The Morgan fingerprint density at radius 3 is 2.62 bits per heavy atom. The summed E-state index contributed by atoms with van der Waals surface area (Å²) in [5, 5.41) is 11.8. The fourth-order valence-electron chi connectivity index (χ4n) is 5.78. The van der Waals surface area contributed by atoms with Crippen LogP contribution in [0.1, 0.15) is 54.7 Å². The van der Waals surface area contributed by atoms with Crippen molar-refractivity contribution in [1.82, 2.24) is 30.0 Å². The zero-order valence-electron chi connectivity index (χ0n) is 23.2. The van der Waals surface area contributed by atoms with Crippen molar-refractivity contribution in [3.05, 3.63) is 46.2 Å². The molecule has 0 aliphatic carbocycles. The number of likely N-dealkylation sites (tertiary alicyclic amines) is 1. The third-order valence-corrected chi connectivity index (χ3v) is 8.07. The van der Waals surface area contributed by atoms with Gasteiger partial charge in [0.05, 0.1) is 11.9 Å². The monoisotopic (exact) mass is 552 g/mol. The van der Waals surface area contributed by atoms with Crippen LogP contribution in [0.15, 0.2) is 28.8 Å². The average Bonchev–Trinajstić information content (AvgIpc) is 3.41. The number of benzene rings is 1. The number of anilines is 2. The minimum absolute atomic E-state index is 0.107. The fraction of sp³-hybridized carbons (Fsp3) is 0.536. The second kappa shape index (κ2) is 11.9. The second-order valence-corrected chi connectivity index (χ2v) is 10.8. The van der Waals surface area contributed by atoms with Gasteiger partial charge in [0, 0.05) is 61.9 Å². The summed E-state index contributed by atoms with van der Waals surface area (Å²) in [6, 6.07) is 6.78. The Morgan fingerprint density at radius 1 is 1.13 bits per heavy atom. The molecule has 0 radical (unpaired) electrons. The van der Waals surface area contributed by atoms with E-state index in [4.69, 9.17) is 26.0 Å². The van der Waals surface area contributed by atoms with Gasteiger partial charge in [-0.1, -0.05) is 23.6 Å². The smallest absolute Gasteiger partial charge is 0.315 e. The van der Waals surface area contributed by atoms with E-state index in [9.17, 15) is 4.79 Å². The number of hydrogen-bond acceptors (Lipinski definition) is 9. The molecule has 2 saturated heterocycles. The van der Waals surface area contributed by atoms with E-state index in [0.29, 0.717) is 41.3 Å². The van der Waals surface area contributed by atoms with Crippen LogP contribution in [-0.2, 0) is 0 Å². The first kappa shape index (κ1) is 27.3. The molecule has 5 rings (SSSR count). The molecule has 2 fully saturated rings. The Hall–Kier alpha value is -3.24. The largest absolute Gasteiger partial charge is 0.402 e. The minimum Gasteiger partial charge on any atom is -0.402 e. The molecule has 0 bridgehead atoms. The lowest BCUT2D eigenvalue weighted by Crippen LogP contribution is -2.59. The van der Waals surface area contributed by atoms with Crippen molar-refractivity contribution in [3.8, 4) is 11.6 Å². The van der Waals surface area contributed by atoms with E-state index in [1.54, 1.807) is 12.3 Å². The quantitative estimate of drug-likeness (QED) is 0.455. The van der Waals surface area contributed by atoms with Crippen LogP contribution < -0.4 is 10.2 Å². The van der Waals surface area contributed by atoms with Crippen LogP contribution in [0.25, 0.3) is 11.6 Å². The first-order valence-corrected chi connectivity index (χ1v) is 14.2. The van der Waals surface area contributed by atoms with Gasteiger partial charge in [-0.3, -0.25) is 9.69 Å². The summed E-state index contributed by atoms with van der Waals surface area (Å²) in [7, 11) is 0. The number of carbonyl (C=O) groups is 1. The molecule has 0 saturated carbocycles. The molecular formula is C28H37ClN8O2. The Labute approximate surface area is 234 Å². The van der Waals surface area contributed by atoms with Gasteiger partial charge in [0.1, 0.15) is 11.5 Å². The van der Waals surface area contributed by atoms with Crippen LogP contribution in [0, 0.1) is 13.8 Å². The molecular weight excluding hydrogens is 516 g/mol. The molecule has 3 aromatic rings. The van der Waals surface area contributed by atoms with E-state index in [1.165, 1.54) is 0 Å². The van der Waals surface area contributed by atoms with Crippen LogP contribution in [0.4, 0.5) is 11.8 Å². The Morgan fingerprint density at radius 2 is 1.92 bits per heavy atom. The number of nitrogens with one attached hydrogen (secondary N) is 1. The highest BCUT2D eigenvalue weighted by atomic mass is 35.5. The van der Waals surface area contributed by atoms with E-state index in [-0.39, 0.29) is 5.91 Å². The molecule has 1 atom stereocenters. The molecule has 10 nitrogen and oxygen atoms in total. The zero-order chi connectivity index (χ0) is 27.5. The maximum absolute atomic E-state index is 13.1. The topological polar surface area (TPSA) is 104 Å². The van der Waals surface area contributed by atoms with E-state index in [0.717, 1.165) is 74.6 Å². The van der Waals surface area contributed by atoms with Crippen molar-refractivity contribution in [1.29, 1.82) is 0 Å². The number of hydrogen-bond donors (Lipinski definition) is 1. The van der Waals surface area contributed by atoms with Gasteiger partial charge >= 0.3 is 6.01 Å². The fourth-order valence-corrected chi connectivity index (χ4v) is 6.01. The molecule has 1 N–H and O–H groups in total. The summed E-state index contributed by atoms with van der Waals surface area (Å²) >= 11 is 6.09. The molecule has 0 spiro atoms. The van der Waals surface area contributed by atoms with E-state index in [1.807, 2.05) is 37.8 Å². The van der Waals surface area contributed by atoms with Crippen LogP contribution in [0.2, 0.25) is 5.02 Å². The van der Waals surface area contributed by atoms with Crippen LogP contribution in [0.5, 0.6) is 0 Å². The summed E-state index contributed by atoms with van der Waals surface area (Å²) in [5.74, 6) is 1.37. The molecule has 2 aliphatic rings. The van der Waals surface area contributed by atoms with Crippen molar-refractivity contribution in [2.24, 2.45) is 0 Å². The van der Waals surface area contributed by atoms with Crippen molar-refractivity contribution < 1.29 is 9.21 Å². The molecule has 1 aromatic carbocycles. The number of amides is 1. The number of halogens is 1. The number of piperazine rings is 1. The van der Waals surface area contributed by atoms with Gasteiger partial charge in [-0.15, -0.1) is 5.10 Å². The van der Waals surface area contributed by atoms with Crippen molar-refractivity contribution in [3.63, 3.8) is 0 Å². The lowest BCUT2D eigenvalue weighted by Gasteiger charge is -2.47. The third-order valence-electron chi connectivity index (χ3n) is 7.83. The van der Waals surface area contributed by atoms with Gasteiger partial charge in [0.15, 0.2) is 0 Å². The highest BCUT2D eigenvalue weighted by Crippen LogP contribution is 2.28. The lowest BCUT2D eigenvalue weighted by molar-refractivity contribution is 0.0490. The van der Waals surface area contributed by atoms with Crippen LogP contribution in [0.3, 0.4) is 0 Å². The molecule has 4 heterocycles. The Bertz CT molecular complexity index is 1310. The number of aromatic nitrogens is 4. The maximum Gasteiger partial charge on any atom is 0.315 e. The number of rotatable bonds is 7. The number of nitrogens with zero attached hydrogens (tertiary/aromatic N) is 7. The molecule has 11 heteroatoms. The highest BCUT2D eigenvalue weighted by molar-refractivity contribution is 6.30. The molecule has 39 heavy (non-hydrogen) atoms. The van der Waals surface area contributed by atoms with Gasteiger partial charge in [0.2, 0.25) is 0 Å². The van der Waals surface area contributed by atoms with Gasteiger partial charge in [-0.05, 0) is 63.8 Å². The molecule has 2 aliphatic heterocycles. The summed E-state index contributed by atoms with van der Waals surface area (Å²) < 4.78 is 5.64. The van der Waals surface area contributed by atoms with Crippen LogP contribution in [-0.4, -0.2) is 87.2 Å². The van der Waals surface area contributed by atoms with Crippen molar-refractivity contribution in [2.75, 3.05) is 49.5 Å². The normalized spacial score (nSPS) is 18.9. The van der Waals surface area contributed by atoms with Gasteiger partial charge in [0.25, 0.3) is 11.8 Å².